The van der Waals surface area contributed by atoms with Crippen molar-refractivity contribution in [2.75, 3.05) is 26.2 Å². The first kappa shape index (κ1) is 14.1. The van der Waals surface area contributed by atoms with Crippen LogP contribution in [0.5, 0.6) is 0 Å². The fourth-order valence-electron chi connectivity index (χ4n) is 2.83. The van der Waals surface area contributed by atoms with E-state index in [4.69, 9.17) is 12.2 Å². The van der Waals surface area contributed by atoms with E-state index in [0.29, 0.717) is 13.1 Å². The molecule has 0 saturated carbocycles. The Balaban J connectivity index is 1.98. The van der Waals surface area contributed by atoms with E-state index in [1.54, 1.807) is 0 Å². The summed E-state index contributed by atoms with van der Waals surface area (Å²) in [5.41, 5.74) is 7.32. The zero-order chi connectivity index (χ0) is 13.6. The molecular formula is C16H23N3. The molecule has 1 heterocycles. The quantitative estimate of drug-likeness (QED) is 0.779. The van der Waals surface area contributed by atoms with E-state index in [1.807, 2.05) is 0 Å². The van der Waals surface area contributed by atoms with Crippen molar-refractivity contribution in [3.8, 4) is 12.3 Å². The number of piperidine rings is 1. The van der Waals surface area contributed by atoms with Crippen molar-refractivity contribution >= 4 is 0 Å². The van der Waals surface area contributed by atoms with Crippen molar-refractivity contribution in [1.29, 1.82) is 0 Å². The second-order valence-electron chi connectivity index (χ2n) is 5.34. The van der Waals surface area contributed by atoms with Crippen molar-refractivity contribution in [2.45, 2.75) is 24.9 Å². The molecule has 1 unspecified atom stereocenters. The summed E-state index contributed by atoms with van der Waals surface area (Å²) in [6.45, 7) is 4.32. The van der Waals surface area contributed by atoms with Gasteiger partial charge in [-0.2, -0.15) is 0 Å². The third-order valence-corrected chi connectivity index (χ3v) is 3.86. The summed E-state index contributed by atoms with van der Waals surface area (Å²) in [6, 6.07) is 10.6. The number of nitrogens with two attached hydrogens (primary N) is 1. The number of rotatable bonds is 5. The second-order valence-corrected chi connectivity index (χ2v) is 5.34. The van der Waals surface area contributed by atoms with E-state index in [2.05, 4.69) is 46.5 Å². The lowest BCUT2D eigenvalue weighted by Crippen LogP contribution is -2.60. The number of nitrogens with zero attached hydrogens (tertiary/aromatic N) is 1. The highest BCUT2D eigenvalue weighted by molar-refractivity contribution is 5.15. The smallest absolute Gasteiger partial charge is 0.0578 e. The van der Waals surface area contributed by atoms with Gasteiger partial charge in [-0.3, -0.25) is 10.2 Å². The summed E-state index contributed by atoms with van der Waals surface area (Å²) in [6.07, 6.45) is 7.63. The van der Waals surface area contributed by atoms with Gasteiger partial charge in [-0.25, -0.2) is 0 Å². The monoisotopic (exact) mass is 257 g/mol. The van der Waals surface area contributed by atoms with Gasteiger partial charge < -0.3 is 5.73 Å². The van der Waals surface area contributed by atoms with E-state index in [9.17, 15) is 0 Å². The Hall–Kier alpha value is -1.34. The molecule has 1 aromatic rings. The average molecular weight is 257 g/mol. The topological polar surface area (TPSA) is 41.3 Å². The molecule has 1 fully saturated rings. The molecule has 0 aromatic heterocycles. The summed E-state index contributed by atoms with van der Waals surface area (Å²) in [4.78, 5) is 2.47. The predicted molar refractivity (Wildman–Crippen MR) is 79.6 cm³/mol. The number of hydrogen-bond donors (Lipinski definition) is 2. The fraction of sp³-hybridized carbons (Fsp3) is 0.500. The van der Waals surface area contributed by atoms with E-state index >= 15 is 0 Å². The molecule has 2 rings (SSSR count). The summed E-state index contributed by atoms with van der Waals surface area (Å²) < 4.78 is 0. The number of terminal acetylenes is 1. The zero-order valence-corrected chi connectivity index (χ0v) is 11.4. The molecule has 1 atom stereocenters. The summed E-state index contributed by atoms with van der Waals surface area (Å²) >= 11 is 0. The molecule has 102 valence electrons. The van der Waals surface area contributed by atoms with Gasteiger partial charge in [-0.1, -0.05) is 36.3 Å². The first-order valence-corrected chi connectivity index (χ1v) is 6.93. The number of hydrogen-bond acceptors (Lipinski definition) is 3. The minimum atomic E-state index is -0.0145. The molecule has 3 N–H and O–H groups in total. The van der Waals surface area contributed by atoms with E-state index < -0.39 is 0 Å². The lowest BCUT2D eigenvalue weighted by atomic mass is 9.88. The first-order chi connectivity index (χ1) is 9.28. The van der Waals surface area contributed by atoms with E-state index in [0.717, 1.165) is 26.1 Å². The molecule has 3 nitrogen and oxygen atoms in total. The molecule has 19 heavy (non-hydrogen) atoms. The lowest BCUT2D eigenvalue weighted by molar-refractivity contribution is 0.123. The molecule has 0 amide bonds. The van der Waals surface area contributed by atoms with Gasteiger partial charge >= 0.3 is 0 Å². The largest absolute Gasteiger partial charge is 0.329 e. The highest BCUT2D eigenvalue weighted by atomic mass is 15.2. The molecule has 0 radical (unpaired) electrons. The number of likely N-dealkylation sites (tertiary alicyclic amines) is 1. The van der Waals surface area contributed by atoms with Crippen molar-refractivity contribution in [3.05, 3.63) is 35.9 Å². The van der Waals surface area contributed by atoms with Crippen LogP contribution in [0.4, 0.5) is 0 Å². The summed E-state index contributed by atoms with van der Waals surface area (Å²) in [7, 11) is 0. The molecule has 1 aromatic carbocycles. The third-order valence-electron chi connectivity index (χ3n) is 3.86. The molecule has 1 aliphatic heterocycles. The Morgan fingerprint density at radius 1 is 1.37 bits per heavy atom. The molecular weight excluding hydrogens is 234 g/mol. The zero-order valence-electron chi connectivity index (χ0n) is 11.4. The van der Waals surface area contributed by atoms with E-state index in [-0.39, 0.29) is 5.54 Å². The van der Waals surface area contributed by atoms with Crippen molar-refractivity contribution in [1.82, 2.24) is 10.2 Å². The highest BCUT2D eigenvalue weighted by Gasteiger charge is 2.33. The Morgan fingerprint density at radius 2 is 2.16 bits per heavy atom. The van der Waals surface area contributed by atoms with Crippen LogP contribution in [-0.4, -0.2) is 36.6 Å². The van der Waals surface area contributed by atoms with Crippen LogP contribution >= 0.6 is 0 Å². The number of nitrogens with one attached hydrogen (secondary N) is 1. The van der Waals surface area contributed by atoms with Gasteiger partial charge in [0.05, 0.1) is 6.54 Å². The summed E-state index contributed by atoms with van der Waals surface area (Å²) in [5, 5.41) is 3.45. The first-order valence-electron chi connectivity index (χ1n) is 6.93. The van der Waals surface area contributed by atoms with Crippen LogP contribution in [0, 0.1) is 12.3 Å². The maximum absolute atomic E-state index is 5.98. The Labute approximate surface area is 116 Å². The summed E-state index contributed by atoms with van der Waals surface area (Å²) in [5.74, 6) is 2.65. The molecule has 0 bridgehead atoms. The van der Waals surface area contributed by atoms with E-state index in [1.165, 1.54) is 12.0 Å². The van der Waals surface area contributed by atoms with Crippen molar-refractivity contribution in [3.63, 3.8) is 0 Å². The van der Waals surface area contributed by atoms with Gasteiger partial charge in [0.2, 0.25) is 0 Å². The molecule has 1 aliphatic rings. The van der Waals surface area contributed by atoms with Gasteiger partial charge in [0.15, 0.2) is 0 Å². The van der Waals surface area contributed by atoms with Crippen LogP contribution in [0.3, 0.4) is 0 Å². The predicted octanol–water partition coefficient (Wildman–Crippen LogP) is 1.20. The van der Waals surface area contributed by atoms with Crippen molar-refractivity contribution in [2.24, 2.45) is 5.73 Å². The van der Waals surface area contributed by atoms with Gasteiger partial charge in [0, 0.05) is 25.2 Å². The maximum atomic E-state index is 5.98. The van der Waals surface area contributed by atoms with Gasteiger partial charge in [-0.05, 0) is 24.9 Å². The number of benzene rings is 1. The molecule has 1 saturated heterocycles. The molecule has 3 heteroatoms. The normalized spacial score (nSPS) is 24.0. The maximum Gasteiger partial charge on any atom is 0.0578 e. The second kappa shape index (κ2) is 6.72. The van der Waals surface area contributed by atoms with Crippen LogP contribution in [0.1, 0.15) is 18.4 Å². The third kappa shape index (κ3) is 3.81. The van der Waals surface area contributed by atoms with Crippen LogP contribution in [0.15, 0.2) is 30.3 Å². The Morgan fingerprint density at radius 3 is 2.84 bits per heavy atom. The Bertz CT molecular complexity index is 423. The van der Waals surface area contributed by atoms with Gasteiger partial charge in [0.1, 0.15) is 0 Å². The lowest BCUT2D eigenvalue weighted by Gasteiger charge is -2.42. The highest BCUT2D eigenvalue weighted by Crippen LogP contribution is 2.21. The van der Waals surface area contributed by atoms with Crippen molar-refractivity contribution < 1.29 is 0 Å². The van der Waals surface area contributed by atoms with Crippen LogP contribution in [0.2, 0.25) is 0 Å². The van der Waals surface area contributed by atoms with Gasteiger partial charge in [-0.15, -0.1) is 6.42 Å². The minimum Gasteiger partial charge on any atom is -0.329 e. The SMILES string of the molecule is C#CCNC1(CN)CCCN(Cc2ccccc2)C1. The average Bonchev–Trinajstić information content (AvgIpc) is 2.46. The fourth-order valence-corrected chi connectivity index (χ4v) is 2.83. The van der Waals surface area contributed by atoms with Crippen LogP contribution in [-0.2, 0) is 6.54 Å². The van der Waals surface area contributed by atoms with Gasteiger partial charge in [0.25, 0.3) is 0 Å². The van der Waals surface area contributed by atoms with Crippen LogP contribution in [0.25, 0.3) is 0 Å². The molecule has 0 spiro atoms. The van der Waals surface area contributed by atoms with Crippen LogP contribution < -0.4 is 11.1 Å². The Kier molecular flexibility index (Phi) is 4.98. The molecule has 0 aliphatic carbocycles. The standard InChI is InChI=1S/C16H23N3/c1-2-10-18-16(13-17)9-6-11-19(14-16)12-15-7-4-3-5-8-15/h1,3-5,7-8,18H,6,9-14,17H2. The minimum absolute atomic E-state index is 0.0145.